The van der Waals surface area contributed by atoms with Gasteiger partial charge in [-0.1, -0.05) is 26.2 Å². The molecule has 2 rings (SSSR count). The summed E-state index contributed by atoms with van der Waals surface area (Å²) in [5, 5.41) is 3.35. The van der Waals surface area contributed by atoms with Crippen molar-refractivity contribution in [1.82, 2.24) is 9.97 Å². The highest BCUT2D eigenvalue weighted by Gasteiger charge is 2.20. The molecule has 1 aliphatic carbocycles. The monoisotopic (exact) mass is 235 g/mol. The van der Waals surface area contributed by atoms with Crippen LogP contribution in [0.25, 0.3) is 0 Å². The number of aromatic nitrogens is 2. The maximum absolute atomic E-state index is 5.30. The summed E-state index contributed by atoms with van der Waals surface area (Å²) >= 11 is 0. The molecular weight excluding hydrogens is 214 g/mol. The number of hydrazine groups is 1. The Labute approximate surface area is 102 Å². The summed E-state index contributed by atoms with van der Waals surface area (Å²) in [4.78, 5) is 8.36. The predicted molar refractivity (Wildman–Crippen MR) is 69.5 cm³/mol. The van der Waals surface area contributed by atoms with Crippen LogP contribution in [0.15, 0.2) is 12.4 Å². The van der Waals surface area contributed by atoms with Gasteiger partial charge >= 0.3 is 0 Å². The Morgan fingerprint density at radius 1 is 1.29 bits per heavy atom. The summed E-state index contributed by atoms with van der Waals surface area (Å²) in [5.41, 5.74) is 2.50. The molecule has 1 heterocycles. The van der Waals surface area contributed by atoms with Crippen molar-refractivity contribution in [1.29, 1.82) is 0 Å². The van der Waals surface area contributed by atoms with Gasteiger partial charge in [0.1, 0.15) is 5.82 Å². The molecule has 0 aliphatic heterocycles. The highest BCUT2D eigenvalue weighted by atomic mass is 15.3. The lowest BCUT2D eigenvalue weighted by molar-refractivity contribution is 0.268. The molecule has 5 nitrogen and oxygen atoms in total. The van der Waals surface area contributed by atoms with Crippen molar-refractivity contribution < 1.29 is 0 Å². The van der Waals surface area contributed by atoms with Crippen molar-refractivity contribution in [3.8, 4) is 0 Å². The lowest BCUT2D eigenvalue weighted by Gasteiger charge is -2.28. The average molecular weight is 235 g/mol. The van der Waals surface area contributed by atoms with Crippen LogP contribution in [0.4, 0.5) is 11.6 Å². The van der Waals surface area contributed by atoms with Crippen LogP contribution in [0.1, 0.15) is 32.6 Å². The van der Waals surface area contributed by atoms with E-state index in [0.717, 1.165) is 24.2 Å². The van der Waals surface area contributed by atoms with E-state index in [4.69, 9.17) is 5.84 Å². The number of nitrogens with zero attached hydrogens (tertiary/aromatic N) is 2. The second-order valence-corrected chi connectivity index (χ2v) is 4.84. The molecule has 17 heavy (non-hydrogen) atoms. The fraction of sp³-hybridized carbons (Fsp3) is 0.667. The van der Waals surface area contributed by atoms with E-state index in [1.54, 1.807) is 12.4 Å². The van der Waals surface area contributed by atoms with Crippen LogP contribution < -0.4 is 16.6 Å². The van der Waals surface area contributed by atoms with Crippen LogP contribution in [0.5, 0.6) is 0 Å². The minimum Gasteiger partial charge on any atom is -0.368 e. The van der Waals surface area contributed by atoms with E-state index in [0.29, 0.717) is 5.82 Å². The van der Waals surface area contributed by atoms with Crippen molar-refractivity contribution in [2.24, 2.45) is 17.7 Å². The van der Waals surface area contributed by atoms with Gasteiger partial charge in [-0.15, -0.1) is 0 Å². The molecule has 1 aliphatic rings. The highest BCUT2D eigenvalue weighted by molar-refractivity contribution is 5.40. The fourth-order valence-electron chi connectivity index (χ4n) is 2.45. The number of nitrogen functional groups attached to an aromatic ring is 1. The van der Waals surface area contributed by atoms with E-state index in [-0.39, 0.29) is 0 Å². The molecule has 1 saturated carbocycles. The average Bonchev–Trinajstić information content (AvgIpc) is 2.38. The Bertz CT molecular complexity index is 355. The SMILES string of the molecule is CC1CCCCC1CNc1cncc(NN)n1. The van der Waals surface area contributed by atoms with Gasteiger partial charge in [-0.3, -0.25) is 4.98 Å². The molecule has 94 valence electrons. The van der Waals surface area contributed by atoms with E-state index in [9.17, 15) is 0 Å². The van der Waals surface area contributed by atoms with E-state index in [1.807, 2.05) is 0 Å². The van der Waals surface area contributed by atoms with Gasteiger partial charge < -0.3 is 10.7 Å². The molecule has 0 amide bonds. The second kappa shape index (κ2) is 5.82. The maximum Gasteiger partial charge on any atom is 0.160 e. The Morgan fingerprint density at radius 3 is 2.82 bits per heavy atom. The largest absolute Gasteiger partial charge is 0.368 e. The summed E-state index contributed by atoms with van der Waals surface area (Å²) < 4.78 is 0. The highest BCUT2D eigenvalue weighted by Crippen LogP contribution is 2.29. The summed E-state index contributed by atoms with van der Waals surface area (Å²) in [6.07, 6.45) is 8.73. The summed E-state index contributed by atoms with van der Waals surface area (Å²) in [5.74, 6) is 8.23. The molecule has 2 unspecified atom stereocenters. The lowest BCUT2D eigenvalue weighted by atomic mass is 9.80. The van der Waals surface area contributed by atoms with Crippen molar-refractivity contribution in [3.63, 3.8) is 0 Å². The molecule has 1 fully saturated rings. The Kier molecular flexibility index (Phi) is 4.14. The second-order valence-electron chi connectivity index (χ2n) is 4.84. The summed E-state index contributed by atoms with van der Waals surface area (Å²) in [6, 6.07) is 0. The van der Waals surface area contributed by atoms with Gasteiger partial charge in [0, 0.05) is 6.54 Å². The zero-order valence-electron chi connectivity index (χ0n) is 10.3. The van der Waals surface area contributed by atoms with E-state index in [1.165, 1.54) is 25.7 Å². The van der Waals surface area contributed by atoms with Crippen LogP contribution in [-0.4, -0.2) is 16.5 Å². The topological polar surface area (TPSA) is 75.9 Å². The molecule has 5 heteroatoms. The summed E-state index contributed by atoms with van der Waals surface area (Å²) in [7, 11) is 0. The molecule has 0 aromatic carbocycles. The maximum atomic E-state index is 5.30. The fourth-order valence-corrected chi connectivity index (χ4v) is 2.45. The normalized spacial score (nSPS) is 24.4. The third-order valence-electron chi connectivity index (χ3n) is 3.62. The number of nitrogens with one attached hydrogen (secondary N) is 2. The molecule has 0 spiro atoms. The number of hydrogen-bond acceptors (Lipinski definition) is 5. The molecule has 2 atom stereocenters. The van der Waals surface area contributed by atoms with Crippen molar-refractivity contribution >= 4 is 11.6 Å². The van der Waals surface area contributed by atoms with Crippen LogP contribution in [0.2, 0.25) is 0 Å². The van der Waals surface area contributed by atoms with Crippen LogP contribution >= 0.6 is 0 Å². The Morgan fingerprint density at radius 2 is 2.06 bits per heavy atom. The smallest absolute Gasteiger partial charge is 0.160 e. The number of rotatable bonds is 4. The zero-order chi connectivity index (χ0) is 12.1. The standard InChI is InChI=1S/C12H21N5/c1-9-4-2-3-5-10(9)6-15-11-7-14-8-12(16-11)17-13/h7-10H,2-6,13H2,1H3,(H2,15,16,17). The van der Waals surface area contributed by atoms with Gasteiger partial charge in [-0.25, -0.2) is 10.8 Å². The van der Waals surface area contributed by atoms with E-state index < -0.39 is 0 Å². The molecule has 0 bridgehead atoms. The Balaban J connectivity index is 1.88. The predicted octanol–water partition coefficient (Wildman–Crippen LogP) is 2.00. The van der Waals surface area contributed by atoms with Crippen LogP contribution in [-0.2, 0) is 0 Å². The minimum absolute atomic E-state index is 0.590. The number of anilines is 2. The number of hydrogen-bond donors (Lipinski definition) is 3. The molecule has 0 saturated heterocycles. The third kappa shape index (κ3) is 3.30. The molecule has 1 aromatic rings. The minimum atomic E-state index is 0.590. The molecular formula is C12H21N5. The van der Waals surface area contributed by atoms with Gasteiger partial charge in [-0.05, 0) is 18.3 Å². The zero-order valence-corrected chi connectivity index (χ0v) is 10.3. The molecule has 4 N–H and O–H groups in total. The van der Waals surface area contributed by atoms with E-state index >= 15 is 0 Å². The lowest BCUT2D eigenvalue weighted by Crippen LogP contribution is -2.24. The van der Waals surface area contributed by atoms with Gasteiger partial charge in [0.2, 0.25) is 0 Å². The number of nitrogens with two attached hydrogens (primary N) is 1. The summed E-state index contributed by atoms with van der Waals surface area (Å²) in [6.45, 7) is 3.32. The first-order chi connectivity index (χ1) is 8.29. The van der Waals surface area contributed by atoms with Gasteiger partial charge in [-0.2, -0.15) is 0 Å². The van der Waals surface area contributed by atoms with E-state index in [2.05, 4.69) is 27.6 Å². The third-order valence-corrected chi connectivity index (χ3v) is 3.62. The molecule has 0 radical (unpaired) electrons. The first kappa shape index (κ1) is 12.1. The van der Waals surface area contributed by atoms with Crippen LogP contribution in [0.3, 0.4) is 0 Å². The van der Waals surface area contributed by atoms with Crippen LogP contribution in [0, 0.1) is 11.8 Å². The first-order valence-electron chi connectivity index (χ1n) is 6.32. The Hall–Kier alpha value is -1.36. The van der Waals surface area contributed by atoms with Gasteiger partial charge in [0.05, 0.1) is 12.4 Å². The van der Waals surface area contributed by atoms with Gasteiger partial charge in [0.15, 0.2) is 5.82 Å². The quantitative estimate of drug-likeness (QED) is 0.549. The van der Waals surface area contributed by atoms with Crippen molar-refractivity contribution in [2.45, 2.75) is 32.6 Å². The van der Waals surface area contributed by atoms with Crippen molar-refractivity contribution in [2.75, 3.05) is 17.3 Å². The first-order valence-corrected chi connectivity index (χ1v) is 6.32. The van der Waals surface area contributed by atoms with Crippen molar-refractivity contribution in [3.05, 3.63) is 12.4 Å². The molecule has 1 aromatic heterocycles. The van der Waals surface area contributed by atoms with Gasteiger partial charge in [0.25, 0.3) is 0 Å².